The van der Waals surface area contributed by atoms with Crippen LogP contribution in [-0.2, 0) is 11.3 Å². The maximum atomic E-state index is 13.2. The lowest BCUT2D eigenvalue weighted by Crippen LogP contribution is -2.32. The third-order valence-corrected chi connectivity index (χ3v) is 4.97. The summed E-state index contributed by atoms with van der Waals surface area (Å²) in [4.78, 5) is 42.1. The Bertz CT molecular complexity index is 1130. The van der Waals surface area contributed by atoms with Crippen molar-refractivity contribution in [2.24, 2.45) is 0 Å². The molecule has 0 saturated carbocycles. The Morgan fingerprint density at radius 1 is 1.00 bits per heavy atom. The molecule has 8 heteroatoms. The van der Waals surface area contributed by atoms with Crippen molar-refractivity contribution in [2.45, 2.75) is 19.4 Å². The van der Waals surface area contributed by atoms with Crippen molar-refractivity contribution in [1.82, 2.24) is 15.2 Å². The van der Waals surface area contributed by atoms with E-state index in [0.717, 1.165) is 5.56 Å². The van der Waals surface area contributed by atoms with Crippen LogP contribution in [0.15, 0.2) is 66.9 Å². The van der Waals surface area contributed by atoms with E-state index < -0.39 is 5.82 Å². The van der Waals surface area contributed by atoms with Crippen LogP contribution in [-0.4, -0.2) is 34.2 Å². The number of halogens is 1. The van der Waals surface area contributed by atoms with Gasteiger partial charge in [0.05, 0.1) is 11.1 Å². The molecular formula is C24H20FN3O4. The highest BCUT2D eigenvalue weighted by atomic mass is 19.1. The van der Waals surface area contributed by atoms with E-state index in [4.69, 9.17) is 4.74 Å². The summed E-state index contributed by atoms with van der Waals surface area (Å²) in [5.74, 6) is -0.579. The maximum Gasteiger partial charge on any atom is 0.261 e. The molecule has 3 aromatic rings. The second-order valence-corrected chi connectivity index (χ2v) is 7.25. The molecule has 0 radical (unpaired) electrons. The van der Waals surface area contributed by atoms with Gasteiger partial charge in [0.25, 0.3) is 11.8 Å². The molecule has 0 saturated heterocycles. The Kier molecular flexibility index (Phi) is 6.21. The number of nitrogens with zero attached hydrogens (tertiary/aromatic N) is 2. The first-order chi connectivity index (χ1) is 15.5. The lowest BCUT2D eigenvalue weighted by molar-refractivity contribution is -0.121. The van der Waals surface area contributed by atoms with Gasteiger partial charge in [-0.1, -0.05) is 24.3 Å². The van der Waals surface area contributed by atoms with Crippen LogP contribution in [0.3, 0.4) is 0 Å². The summed E-state index contributed by atoms with van der Waals surface area (Å²) in [6.07, 6.45) is 2.12. The van der Waals surface area contributed by atoms with E-state index in [-0.39, 0.29) is 37.2 Å². The fourth-order valence-corrected chi connectivity index (χ4v) is 3.36. The molecule has 1 aliphatic heterocycles. The molecule has 1 aliphatic rings. The Morgan fingerprint density at radius 3 is 2.41 bits per heavy atom. The number of imide groups is 1. The van der Waals surface area contributed by atoms with Crippen molar-refractivity contribution in [3.05, 3.63) is 89.4 Å². The second-order valence-electron chi connectivity index (χ2n) is 7.25. The number of aromatic nitrogens is 1. The van der Waals surface area contributed by atoms with Crippen LogP contribution in [0, 0.1) is 5.82 Å². The number of carbonyl (C=O) groups is 3. The van der Waals surface area contributed by atoms with E-state index in [9.17, 15) is 18.8 Å². The van der Waals surface area contributed by atoms with Crippen LogP contribution < -0.4 is 10.1 Å². The van der Waals surface area contributed by atoms with Crippen molar-refractivity contribution in [3.8, 4) is 11.6 Å². The van der Waals surface area contributed by atoms with Gasteiger partial charge in [0.1, 0.15) is 11.6 Å². The molecule has 0 atom stereocenters. The summed E-state index contributed by atoms with van der Waals surface area (Å²) < 4.78 is 18.7. The van der Waals surface area contributed by atoms with Gasteiger partial charge in [-0.2, -0.15) is 0 Å². The predicted molar refractivity (Wildman–Crippen MR) is 114 cm³/mol. The van der Waals surface area contributed by atoms with E-state index in [0.29, 0.717) is 29.2 Å². The summed E-state index contributed by atoms with van der Waals surface area (Å²) in [6, 6.07) is 15.8. The maximum absolute atomic E-state index is 13.2. The molecular weight excluding hydrogens is 413 g/mol. The van der Waals surface area contributed by atoms with Gasteiger partial charge in [-0.15, -0.1) is 0 Å². The number of amides is 3. The van der Waals surface area contributed by atoms with Crippen LogP contribution >= 0.6 is 0 Å². The molecule has 0 unspecified atom stereocenters. The molecule has 0 spiro atoms. The first-order valence-electron chi connectivity index (χ1n) is 10.1. The van der Waals surface area contributed by atoms with E-state index >= 15 is 0 Å². The van der Waals surface area contributed by atoms with Crippen LogP contribution in [0.5, 0.6) is 11.6 Å². The van der Waals surface area contributed by atoms with E-state index in [1.807, 2.05) is 0 Å². The third-order valence-electron chi connectivity index (χ3n) is 4.97. The van der Waals surface area contributed by atoms with Gasteiger partial charge in [-0.05, 0) is 36.2 Å². The first kappa shape index (κ1) is 21.2. The highest BCUT2D eigenvalue weighted by Crippen LogP contribution is 2.23. The monoisotopic (exact) mass is 433 g/mol. The Balaban J connectivity index is 1.21. The number of carbonyl (C=O) groups excluding carboxylic acids is 3. The number of ether oxygens (including phenoxy) is 1. The highest BCUT2D eigenvalue weighted by Gasteiger charge is 2.34. The Labute approximate surface area is 183 Å². The largest absolute Gasteiger partial charge is 0.439 e. The normalized spacial score (nSPS) is 12.6. The van der Waals surface area contributed by atoms with Crippen molar-refractivity contribution in [1.29, 1.82) is 0 Å². The first-order valence-corrected chi connectivity index (χ1v) is 10.1. The lowest BCUT2D eigenvalue weighted by atomic mass is 10.1. The zero-order valence-corrected chi connectivity index (χ0v) is 17.1. The minimum atomic E-state index is -0.398. The molecule has 4 rings (SSSR count). The minimum Gasteiger partial charge on any atom is -0.439 e. The molecule has 3 amide bonds. The molecule has 0 bridgehead atoms. The third kappa shape index (κ3) is 4.80. The number of hydrogen-bond acceptors (Lipinski definition) is 5. The molecule has 7 nitrogen and oxygen atoms in total. The molecule has 0 fully saturated rings. The Morgan fingerprint density at radius 2 is 1.75 bits per heavy atom. The van der Waals surface area contributed by atoms with Crippen LogP contribution in [0.25, 0.3) is 0 Å². The van der Waals surface area contributed by atoms with Crippen LogP contribution in [0.2, 0.25) is 0 Å². The summed E-state index contributed by atoms with van der Waals surface area (Å²) in [7, 11) is 0. The molecule has 2 aromatic carbocycles. The smallest absolute Gasteiger partial charge is 0.261 e. The zero-order valence-electron chi connectivity index (χ0n) is 17.1. The molecule has 1 aromatic heterocycles. The van der Waals surface area contributed by atoms with Crippen molar-refractivity contribution in [2.75, 3.05) is 6.54 Å². The quantitative estimate of drug-likeness (QED) is 0.547. The van der Waals surface area contributed by atoms with Gasteiger partial charge in [0.2, 0.25) is 11.8 Å². The van der Waals surface area contributed by atoms with Crippen molar-refractivity contribution >= 4 is 17.7 Å². The van der Waals surface area contributed by atoms with Gasteiger partial charge in [0.15, 0.2) is 0 Å². The standard InChI is InChI=1S/C24H20FN3O4/c25-17-5-3-6-18(13-17)32-22-11-10-16(15-27-22)14-26-21(29)9-4-12-28-23(30)19-7-1-2-8-20(19)24(28)31/h1-3,5-8,10-11,13,15H,4,9,12,14H2,(H,26,29). The minimum absolute atomic E-state index is 0.182. The van der Waals surface area contributed by atoms with Gasteiger partial charge in [0, 0.05) is 37.8 Å². The van der Waals surface area contributed by atoms with Gasteiger partial charge in [-0.25, -0.2) is 9.37 Å². The number of hydrogen-bond donors (Lipinski definition) is 1. The summed E-state index contributed by atoms with van der Waals surface area (Å²) in [6.45, 7) is 0.465. The van der Waals surface area contributed by atoms with Crippen LogP contribution in [0.4, 0.5) is 4.39 Å². The summed E-state index contributed by atoms with van der Waals surface area (Å²) in [5.41, 5.74) is 1.57. The number of benzene rings is 2. The fourth-order valence-electron chi connectivity index (χ4n) is 3.36. The van der Waals surface area contributed by atoms with Gasteiger partial charge >= 0.3 is 0 Å². The molecule has 32 heavy (non-hydrogen) atoms. The van der Waals surface area contributed by atoms with Crippen molar-refractivity contribution in [3.63, 3.8) is 0 Å². The molecule has 162 valence electrons. The number of rotatable bonds is 8. The summed E-state index contributed by atoms with van der Waals surface area (Å²) >= 11 is 0. The second kappa shape index (κ2) is 9.38. The van der Waals surface area contributed by atoms with E-state index in [2.05, 4.69) is 10.3 Å². The zero-order chi connectivity index (χ0) is 22.5. The molecule has 1 N–H and O–H groups in total. The van der Waals surface area contributed by atoms with Gasteiger partial charge in [-0.3, -0.25) is 19.3 Å². The topological polar surface area (TPSA) is 88.6 Å². The highest BCUT2D eigenvalue weighted by molar-refractivity contribution is 6.21. The predicted octanol–water partition coefficient (Wildman–Crippen LogP) is 3.71. The number of pyridine rings is 1. The molecule has 2 heterocycles. The fraction of sp³-hybridized carbons (Fsp3) is 0.167. The number of fused-ring (bicyclic) bond motifs is 1. The lowest BCUT2D eigenvalue weighted by Gasteiger charge is -2.13. The average Bonchev–Trinajstić information content (AvgIpc) is 3.04. The Hall–Kier alpha value is -4.07. The number of nitrogens with one attached hydrogen (secondary N) is 1. The summed E-state index contributed by atoms with van der Waals surface area (Å²) in [5, 5.41) is 2.78. The van der Waals surface area contributed by atoms with Crippen molar-refractivity contribution < 1.29 is 23.5 Å². The molecule has 0 aliphatic carbocycles. The van der Waals surface area contributed by atoms with E-state index in [1.54, 1.807) is 54.7 Å². The van der Waals surface area contributed by atoms with Crippen LogP contribution in [0.1, 0.15) is 39.1 Å². The average molecular weight is 433 g/mol. The van der Waals surface area contributed by atoms with E-state index in [1.165, 1.54) is 17.0 Å². The van der Waals surface area contributed by atoms with Gasteiger partial charge < -0.3 is 10.1 Å². The SMILES string of the molecule is O=C(CCCN1C(=O)c2ccccc2C1=O)NCc1ccc(Oc2cccc(F)c2)nc1.